The average molecular weight is 381 g/mol. The van der Waals surface area contributed by atoms with Gasteiger partial charge in [0, 0.05) is 25.7 Å². The number of hydrogen-bond donors (Lipinski definition) is 1. The van der Waals surface area contributed by atoms with Crippen LogP contribution in [0.1, 0.15) is 40.4 Å². The number of piperidine rings is 1. The van der Waals surface area contributed by atoms with Crippen LogP contribution in [0.3, 0.4) is 0 Å². The third-order valence-electron chi connectivity index (χ3n) is 5.78. The van der Waals surface area contributed by atoms with Crippen LogP contribution in [0.15, 0.2) is 41.3 Å². The molecule has 0 spiro atoms. The molecule has 1 fully saturated rings. The maximum atomic E-state index is 13.1. The molecule has 1 amide bonds. The van der Waals surface area contributed by atoms with Crippen LogP contribution in [0.2, 0.25) is 0 Å². The van der Waals surface area contributed by atoms with E-state index in [-0.39, 0.29) is 29.2 Å². The van der Waals surface area contributed by atoms with Gasteiger partial charge >= 0.3 is 0 Å². The lowest BCUT2D eigenvalue weighted by atomic mass is 10.0. The van der Waals surface area contributed by atoms with Crippen molar-refractivity contribution in [3.8, 4) is 5.75 Å². The molecule has 1 aromatic carbocycles. The molecule has 1 aromatic heterocycles. The highest BCUT2D eigenvalue weighted by atomic mass is 16.5. The zero-order chi connectivity index (χ0) is 19.7. The van der Waals surface area contributed by atoms with Crippen molar-refractivity contribution in [1.29, 1.82) is 0 Å². The molecule has 6 heteroatoms. The number of carbonyl (C=O) groups excluding carboxylic acids is 1. The Labute approximate surface area is 165 Å². The van der Waals surface area contributed by atoms with E-state index in [1.54, 1.807) is 16.5 Å². The summed E-state index contributed by atoms with van der Waals surface area (Å²) in [5, 5.41) is 3.31. The number of likely N-dealkylation sites (N-methyl/N-ethyl adjacent to an activating group) is 1. The molecule has 0 aliphatic carbocycles. The summed E-state index contributed by atoms with van der Waals surface area (Å²) in [6.07, 6.45) is 4.34. The van der Waals surface area contributed by atoms with Crippen molar-refractivity contribution in [3.05, 3.63) is 63.6 Å². The summed E-state index contributed by atoms with van der Waals surface area (Å²) in [4.78, 5) is 27.9. The van der Waals surface area contributed by atoms with Gasteiger partial charge in [-0.05, 0) is 56.1 Å². The van der Waals surface area contributed by atoms with E-state index < -0.39 is 0 Å². The minimum absolute atomic E-state index is 0.0815. The standard InChI is InChI=1S/C22H27N3O3/c1-15-9-12-25(17-7-10-23-11-8-17)22(27)20(15)21(26)24(2)14-18-13-16-5-3-4-6-19(16)28-18/h3-6,9,12,17-18,23H,7-8,10-11,13-14H2,1-2H3. The summed E-state index contributed by atoms with van der Waals surface area (Å²) in [6.45, 7) is 4.08. The van der Waals surface area contributed by atoms with Crippen LogP contribution in [0.5, 0.6) is 5.75 Å². The summed E-state index contributed by atoms with van der Waals surface area (Å²) in [7, 11) is 1.75. The fourth-order valence-corrected chi connectivity index (χ4v) is 4.21. The molecule has 0 saturated carbocycles. The van der Waals surface area contributed by atoms with Gasteiger partial charge < -0.3 is 19.5 Å². The quantitative estimate of drug-likeness (QED) is 0.882. The Morgan fingerprint density at radius 3 is 2.75 bits per heavy atom. The third-order valence-corrected chi connectivity index (χ3v) is 5.78. The second kappa shape index (κ2) is 7.80. The maximum absolute atomic E-state index is 13.1. The molecule has 1 atom stereocenters. The molecule has 148 valence electrons. The third kappa shape index (κ3) is 3.56. The van der Waals surface area contributed by atoms with E-state index in [4.69, 9.17) is 4.74 Å². The van der Waals surface area contributed by atoms with E-state index in [0.717, 1.165) is 49.2 Å². The molecule has 0 radical (unpaired) electrons. The number of aromatic nitrogens is 1. The number of fused-ring (bicyclic) bond motifs is 1. The van der Waals surface area contributed by atoms with Gasteiger partial charge in [-0.1, -0.05) is 18.2 Å². The van der Waals surface area contributed by atoms with E-state index >= 15 is 0 Å². The molecule has 3 heterocycles. The Kier molecular flexibility index (Phi) is 5.22. The first-order valence-electron chi connectivity index (χ1n) is 9.97. The fraction of sp³-hybridized carbons (Fsp3) is 0.455. The van der Waals surface area contributed by atoms with E-state index in [1.165, 1.54) is 0 Å². The molecular formula is C22H27N3O3. The van der Waals surface area contributed by atoms with Crippen LogP contribution in [0.4, 0.5) is 0 Å². The number of nitrogens with one attached hydrogen (secondary N) is 1. The number of amides is 1. The predicted octanol–water partition coefficient (Wildman–Crippen LogP) is 2.16. The molecule has 0 bridgehead atoms. The number of rotatable bonds is 4. The Bertz CT molecular complexity index is 906. The first-order chi connectivity index (χ1) is 13.5. The Morgan fingerprint density at radius 1 is 1.25 bits per heavy atom. The zero-order valence-electron chi connectivity index (χ0n) is 16.5. The van der Waals surface area contributed by atoms with Crippen LogP contribution in [0, 0.1) is 6.92 Å². The van der Waals surface area contributed by atoms with Crippen molar-refractivity contribution < 1.29 is 9.53 Å². The Morgan fingerprint density at radius 2 is 2.00 bits per heavy atom. The van der Waals surface area contributed by atoms with Gasteiger partial charge in [-0.3, -0.25) is 9.59 Å². The van der Waals surface area contributed by atoms with Gasteiger partial charge in [-0.25, -0.2) is 0 Å². The van der Waals surface area contributed by atoms with Gasteiger partial charge in [0.2, 0.25) is 0 Å². The highest BCUT2D eigenvalue weighted by Gasteiger charge is 2.28. The van der Waals surface area contributed by atoms with Crippen molar-refractivity contribution in [2.24, 2.45) is 0 Å². The summed E-state index contributed by atoms with van der Waals surface area (Å²) < 4.78 is 7.71. The summed E-state index contributed by atoms with van der Waals surface area (Å²) in [5.41, 5.74) is 1.98. The van der Waals surface area contributed by atoms with Crippen molar-refractivity contribution in [2.45, 2.75) is 38.3 Å². The molecule has 6 nitrogen and oxygen atoms in total. The van der Waals surface area contributed by atoms with E-state index in [9.17, 15) is 9.59 Å². The molecule has 1 unspecified atom stereocenters. The van der Waals surface area contributed by atoms with E-state index in [2.05, 4.69) is 11.4 Å². The number of benzene rings is 1. The van der Waals surface area contributed by atoms with Crippen LogP contribution < -0.4 is 15.6 Å². The van der Waals surface area contributed by atoms with E-state index in [0.29, 0.717) is 6.54 Å². The number of hydrogen-bond acceptors (Lipinski definition) is 4. The predicted molar refractivity (Wildman–Crippen MR) is 108 cm³/mol. The molecule has 2 aromatic rings. The van der Waals surface area contributed by atoms with Gasteiger partial charge in [0.15, 0.2) is 0 Å². The first-order valence-corrected chi connectivity index (χ1v) is 9.97. The smallest absolute Gasteiger partial charge is 0.263 e. The highest BCUT2D eigenvalue weighted by Crippen LogP contribution is 2.28. The monoisotopic (exact) mass is 381 g/mol. The van der Waals surface area contributed by atoms with Crippen LogP contribution >= 0.6 is 0 Å². The van der Waals surface area contributed by atoms with Gasteiger partial charge in [-0.2, -0.15) is 0 Å². The summed E-state index contributed by atoms with van der Waals surface area (Å²) >= 11 is 0. The zero-order valence-corrected chi connectivity index (χ0v) is 16.5. The van der Waals surface area contributed by atoms with Crippen molar-refractivity contribution >= 4 is 5.91 Å². The lowest BCUT2D eigenvalue weighted by Gasteiger charge is -2.26. The number of ether oxygens (including phenoxy) is 1. The van der Waals surface area contributed by atoms with Crippen LogP contribution in [-0.4, -0.2) is 48.2 Å². The van der Waals surface area contributed by atoms with Crippen molar-refractivity contribution in [1.82, 2.24) is 14.8 Å². The van der Waals surface area contributed by atoms with Gasteiger partial charge in [0.05, 0.1) is 6.54 Å². The van der Waals surface area contributed by atoms with Gasteiger partial charge in [0.1, 0.15) is 17.4 Å². The number of pyridine rings is 1. The summed E-state index contributed by atoms with van der Waals surface area (Å²) in [6, 6.07) is 9.99. The molecule has 2 aliphatic heterocycles. The average Bonchev–Trinajstić information content (AvgIpc) is 3.11. The van der Waals surface area contributed by atoms with Crippen molar-refractivity contribution in [3.63, 3.8) is 0 Å². The molecule has 4 rings (SSSR count). The highest BCUT2D eigenvalue weighted by molar-refractivity contribution is 5.95. The summed E-state index contributed by atoms with van der Waals surface area (Å²) in [5.74, 6) is 0.655. The largest absolute Gasteiger partial charge is 0.488 e. The maximum Gasteiger partial charge on any atom is 0.263 e. The minimum atomic E-state index is -0.231. The topological polar surface area (TPSA) is 63.6 Å². The molecular weight excluding hydrogens is 354 g/mol. The number of carbonyl (C=O) groups is 1. The number of para-hydroxylation sites is 1. The van der Waals surface area contributed by atoms with Crippen LogP contribution in [0.25, 0.3) is 0 Å². The molecule has 2 aliphatic rings. The Balaban J connectivity index is 1.52. The molecule has 28 heavy (non-hydrogen) atoms. The van der Waals surface area contributed by atoms with Gasteiger partial charge in [-0.15, -0.1) is 0 Å². The molecule has 1 N–H and O–H groups in total. The lowest BCUT2D eigenvalue weighted by Crippen LogP contribution is -2.41. The number of aryl methyl sites for hydroxylation is 1. The normalized spacial score (nSPS) is 19.1. The SMILES string of the molecule is Cc1ccn(C2CCNCC2)c(=O)c1C(=O)N(C)CC1Cc2ccccc2O1. The number of nitrogens with zero attached hydrogens (tertiary/aromatic N) is 2. The fourth-order valence-electron chi connectivity index (χ4n) is 4.21. The van der Waals surface area contributed by atoms with Gasteiger partial charge in [0.25, 0.3) is 11.5 Å². The van der Waals surface area contributed by atoms with E-state index in [1.807, 2.05) is 37.4 Å². The molecule has 1 saturated heterocycles. The first kappa shape index (κ1) is 18.7. The Hall–Kier alpha value is -2.60. The lowest BCUT2D eigenvalue weighted by molar-refractivity contribution is 0.0727. The second-order valence-corrected chi connectivity index (χ2v) is 7.80. The van der Waals surface area contributed by atoms with Crippen molar-refractivity contribution in [2.75, 3.05) is 26.7 Å². The second-order valence-electron chi connectivity index (χ2n) is 7.80. The van der Waals surface area contributed by atoms with Crippen LogP contribution in [-0.2, 0) is 6.42 Å². The minimum Gasteiger partial charge on any atom is -0.488 e.